The Kier molecular flexibility index (Phi) is 3.16. The van der Waals surface area contributed by atoms with E-state index in [2.05, 4.69) is 0 Å². The summed E-state index contributed by atoms with van der Waals surface area (Å²) in [6.45, 7) is 4.51. The molecule has 1 saturated carbocycles. The summed E-state index contributed by atoms with van der Waals surface area (Å²) in [4.78, 5) is 11.9. The molecule has 106 valence electrons. The summed E-state index contributed by atoms with van der Waals surface area (Å²) in [6.07, 6.45) is 0.707. The lowest BCUT2D eigenvalue weighted by atomic mass is 10.2. The first kappa shape index (κ1) is 14.0. The van der Waals surface area contributed by atoms with Gasteiger partial charge in [0, 0.05) is 11.9 Å². The highest BCUT2D eigenvalue weighted by Crippen LogP contribution is 2.61. The zero-order valence-corrected chi connectivity index (χ0v) is 11.1. The first-order valence-electron chi connectivity index (χ1n) is 6.07. The average molecular weight is 273 g/mol. The first-order chi connectivity index (χ1) is 8.68. The second-order valence-corrected chi connectivity index (χ2v) is 5.72. The average Bonchev–Trinajstić information content (AvgIpc) is 2.62. The van der Waals surface area contributed by atoms with Gasteiger partial charge in [0.05, 0.1) is 18.4 Å². The molecular weight excluding hydrogens is 256 g/mol. The summed E-state index contributed by atoms with van der Waals surface area (Å²) in [5, 5.41) is 8.92. The van der Waals surface area contributed by atoms with Crippen LogP contribution in [0.5, 0.6) is 0 Å². The van der Waals surface area contributed by atoms with Crippen molar-refractivity contribution in [1.82, 2.24) is 4.57 Å². The van der Waals surface area contributed by atoms with Gasteiger partial charge in [0.1, 0.15) is 5.60 Å². The molecule has 0 amide bonds. The summed E-state index contributed by atoms with van der Waals surface area (Å²) in [6, 6.07) is 2.97. The van der Waals surface area contributed by atoms with E-state index in [1.165, 1.54) is 18.3 Å². The second-order valence-electron chi connectivity index (χ2n) is 5.72. The molecule has 1 fully saturated rings. The topological polar surface area (TPSA) is 51.5 Å². The number of halogens is 2. The van der Waals surface area contributed by atoms with Crippen LogP contribution in [0.15, 0.2) is 18.3 Å². The highest BCUT2D eigenvalue weighted by atomic mass is 19.3. The number of aliphatic hydroxyl groups excluding tert-OH is 1. The van der Waals surface area contributed by atoms with Crippen molar-refractivity contribution in [2.75, 3.05) is 6.61 Å². The number of aromatic nitrogens is 1. The molecule has 0 aliphatic heterocycles. The predicted molar refractivity (Wildman–Crippen MR) is 64.3 cm³/mol. The summed E-state index contributed by atoms with van der Waals surface area (Å²) in [5.41, 5.74) is -0.514. The van der Waals surface area contributed by atoms with Gasteiger partial charge < -0.3 is 9.84 Å². The van der Waals surface area contributed by atoms with Gasteiger partial charge in [-0.25, -0.2) is 13.6 Å². The van der Waals surface area contributed by atoms with Crippen LogP contribution in [0.2, 0.25) is 0 Å². The third-order valence-corrected chi connectivity index (χ3v) is 3.09. The highest BCUT2D eigenvalue weighted by molar-refractivity contribution is 5.72. The maximum atomic E-state index is 13.5. The lowest BCUT2D eigenvalue weighted by Gasteiger charge is -2.20. The number of hydrogen-bond donors (Lipinski definition) is 1. The highest BCUT2D eigenvalue weighted by Gasteiger charge is 2.69. The first-order valence-corrected chi connectivity index (χ1v) is 6.07. The van der Waals surface area contributed by atoms with Gasteiger partial charge in [-0.05, 0) is 32.9 Å². The number of carbonyl (C=O) groups excluding carboxylic acids is 1. The summed E-state index contributed by atoms with van der Waals surface area (Å²) < 4.78 is 33.2. The minimum absolute atomic E-state index is 0.179. The van der Waals surface area contributed by atoms with Gasteiger partial charge in [0.25, 0.3) is 5.92 Å². The molecular formula is C13H17F2NO3. The Labute approximate surface area is 110 Å². The molecule has 1 heterocycles. The van der Waals surface area contributed by atoms with Crippen LogP contribution < -0.4 is 0 Å². The predicted octanol–water partition coefficient (Wildman–Crippen LogP) is 2.61. The minimum atomic E-state index is -2.97. The van der Waals surface area contributed by atoms with Gasteiger partial charge in [-0.3, -0.25) is 4.57 Å². The van der Waals surface area contributed by atoms with Crippen LogP contribution in [0.25, 0.3) is 0 Å². The summed E-state index contributed by atoms with van der Waals surface area (Å²) in [5.74, 6) is -5.21. The van der Waals surface area contributed by atoms with Crippen LogP contribution in [0.1, 0.15) is 32.4 Å². The Morgan fingerprint density at radius 1 is 1.53 bits per heavy atom. The molecule has 0 spiro atoms. The van der Waals surface area contributed by atoms with Crippen molar-refractivity contribution in [2.45, 2.75) is 38.2 Å². The Morgan fingerprint density at radius 3 is 2.63 bits per heavy atom. The van der Waals surface area contributed by atoms with Gasteiger partial charge in [-0.15, -0.1) is 0 Å². The molecule has 1 aromatic heterocycles. The normalized spacial score (nSPS) is 25.2. The largest absolute Gasteiger partial charge is 0.443 e. The van der Waals surface area contributed by atoms with E-state index >= 15 is 0 Å². The molecule has 1 aliphatic carbocycles. The Balaban J connectivity index is 2.23. The fraction of sp³-hybridized carbons (Fsp3) is 0.615. The van der Waals surface area contributed by atoms with Crippen LogP contribution in [0, 0.1) is 5.92 Å². The van der Waals surface area contributed by atoms with E-state index in [1.54, 1.807) is 20.8 Å². The number of alkyl halides is 2. The molecule has 0 aromatic carbocycles. The van der Waals surface area contributed by atoms with E-state index in [1.807, 2.05) is 0 Å². The Hall–Kier alpha value is -1.43. The molecule has 1 aromatic rings. The second kappa shape index (κ2) is 4.30. The number of hydrogen-bond acceptors (Lipinski definition) is 3. The quantitative estimate of drug-likeness (QED) is 0.901. The van der Waals surface area contributed by atoms with Gasteiger partial charge >= 0.3 is 6.09 Å². The molecule has 6 heteroatoms. The fourth-order valence-corrected chi connectivity index (χ4v) is 2.15. The van der Waals surface area contributed by atoms with Crippen molar-refractivity contribution >= 4 is 6.09 Å². The maximum absolute atomic E-state index is 13.5. The third-order valence-electron chi connectivity index (χ3n) is 3.09. The van der Waals surface area contributed by atoms with E-state index in [4.69, 9.17) is 9.84 Å². The van der Waals surface area contributed by atoms with Crippen LogP contribution >= 0.6 is 0 Å². The molecule has 2 rings (SSSR count). The SMILES string of the molecule is CC(C)(C)OC(=O)n1cccc1[C@@H]1[C@@H](CO)C1(F)F. The monoisotopic (exact) mass is 273 g/mol. The maximum Gasteiger partial charge on any atom is 0.418 e. The van der Waals surface area contributed by atoms with Crippen LogP contribution in [-0.2, 0) is 4.74 Å². The number of carbonyl (C=O) groups is 1. The number of ether oxygens (including phenoxy) is 1. The smallest absolute Gasteiger partial charge is 0.418 e. The van der Waals surface area contributed by atoms with Crippen molar-refractivity contribution in [2.24, 2.45) is 5.92 Å². The Bertz CT molecular complexity index is 490. The third kappa shape index (κ3) is 2.49. The number of rotatable bonds is 2. The van der Waals surface area contributed by atoms with E-state index < -0.39 is 36.1 Å². The van der Waals surface area contributed by atoms with Gasteiger partial charge in [0.15, 0.2) is 0 Å². The summed E-state index contributed by atoms with van der Waals surface area (Å²) >= 11 is 0. The zero-order valence-electron chi connectivity index (χ0n) is 11.1. The van der Waals surface area contributed by atoms with Crippen molar-refractivity contribution in [3.8, 4) is 0 Å². The van der Waals surface area contributed by atoms with Gasteiger partial charge in [0.2, 0.25) is 0 Å². The van der Waals surface area contributed by atoms with Crippen LogP contribution in [0.3, 0.4) is 0 Å². The van der Waals surface area contributed by atoms with Gasteiger partial charge in [-0.2, -0.15) is 0 Å². The molecule has 1 N–H and O–H groups in total. The molecule has 1 aliphatic rings. The van der Waals surface area contributed by atoms with E-state index in [0.717, 1.165) is 4.57 Å². The fourth-order valence-electron chi connectivity index (χ4n) is 2.15. The molecule has 0 unspecified atom stereocenters. The molecule has 0 bridgehead atoms. The lowest BCUT2D eigenvalue weighted by Crippen LogP contribution is -2.27. The number of nitrogens with zero attached hydrogens (tertiary/aromatic N) is 1. The van der Waals surface area contributed by atoms with Gasteiger partial charge in [-0.1, -0.05) is 0 Å². The molecule has 0 saturated heterocycles. The van der Waals surface area contributed by atoms with E-state index in [9.17, 15) is 13.6 Å². The van der Waals surface area contributed by atoms with Crippen LogP contribution in [-0.4, -0.2) is 33.9 Å². The molecule has 4 nitrogen and oxygen atoms in total. The molecule has 19 heavy (non-hydrogen) atoms. The Morgan fingerprint density at radius 2 is 2.16 bits per heavy atom. The van der Waals surface area contributed by atoms with E-state index in [-0.39, 0.29) is 5.69 Å². The standard InChI is InChI=1S/C13H17F2NO3/c1-12(2,3)19-11(18)16-6-4-5-9(16)10-8(7-17)13(10,14)15/h4-6,8,10,17H,7H2,1-3H3/t8-,10+/m1/s1. The lowest BCUT2D eigenvalue weighted by molar-refractivity contribution is 0.0528. The zero-order chi connectivity index (χ0) is 14.4. The van der Waals surface area contributed by atoms with Crippen molar-refractivity contribution in [3.05, 3.63) is 24.0 Å². The van der Waals surface area contributed by atoms with Crippen molar-refractivity contribution in [3.63, 3.8) is 0 Å². The molecule has 0 radical (unpaired) electrons. The summed E-state index contributed by atoms with van der Waals surface area (Å²) in [7, 11) is 0. The van der Waals surface area contributed by atoms with Crippen molar-refractivity contribution < 1.29 is 23.4 Å². The van der Waals surface area contributed by atoms with Crippen LogP contribution in [0.4, 0.5) is 13.6 Å². The van der Waals surface area contributed by atoms with E-state index in [0.29, 0.717) is 0 Å². The van der Waals surface area contributed by atoms with Crippen molar-refractivity contribution in [1.29, 1.82) is 0 Å². The number of aliphatic hydroxyl groups is 1. The minimum Gasteiger partial charge on any atom is -0.443 e. The molecule has 2 atom stereocenters.